The van der Waals surface area contributed by atoms with Crippen molar-refractivity contribution >= 4 is 0 Å². The summed E-state index contributed by atoms with van der Waals surface area (Å²) < 4.78 is 0. The molecule has 0 radical (unpaired) electrons. The van der Waals surface area contributed by atoms with E-state index in [2.05, 4.69) is 9.78 Å². The molecule has 0 atom stereocenters. The van der Waals surface area contributed by atoms with Crippen LogP contribution in [0.3, 0.4) is 0 Å². The van der Waals surface area contributed by atoms with Gasteiger partial charge in [-0.3, -0.25) is 0 Å². The molecule has 2 nitrogen and oxygen atoms in total. The Morgan fingerprint density at radius 2 is 1.29 bits per heavy atom. The van der Waals surface area contributed by atoms with Gasteiger partial charge in [-0.05, 0) is 12.8 Å². The molecule has 3 heteroatoms. The molecule has 0 aromatic heterocycles. The van der Waals surface area contributed by atoms with E-state index in [1.807, 2.05) is 0 Å². The third-order valence-corrected chi connectivity index (χ3v) is 0.789. The lowest BCUT2D eigenvalue weighted by Crippen LogP contribution is -3.00. The Morgan fingerprint density at radius 1 is 0.857 bits per heavy atom. The highest BCUT2D eigenvalue weighted by molar-refractivity contribution is 4.36. The van der Waals surface area contributed by atoms with E-state index in [1.54, 1.807) is 0 Å². The van der Waals surface area contributed by atoms with Gasteiger partial charge >= 0.3 is 0 Å². The van der Waals surface area contributed by atoms with Gasteiger partial charge in [-0.1, -0.05) is 0 Å². The molecule has 0 aromatic carbocycles. The fourth-order valence-corrected chi connectivity index (χ4v) is 0.440. The van der Waals surface area contributed by atoms with E-state index in [0.29, 0.717) is 0 Å². The van der Waals surface area contributed by atoms with Gasteiger partial charge in [0.25, 0.3) is 0 Å². The van der Waals surface area contributed by atoms with Gasteiger partial charge in [0.1, 0.15) is 0 Å². The number of halogens is 1. The maximum absolute atomic E-state index is 4.57. The van der Waals surface area contributed by atoms with Gasteiger partial charge in [0.15, 0.2) is 0 Å². The zero-order chi connectivity index (χ0) is 4.24. The minimum Gasteiger partial charge on any atom is -1.00 e. The Labute approximate surface area is 49.1 Å². The molecule has 1 aliphatic rings. The average molecular weight is 124 g/mol. The van der Waals surface area contributed by atoms with Crippen molar-refractivity contribution in [3.05, 3.63) is 0 Å². The highest BCUT2D eigenvalue weighted by Gasteiger charge is 1.95. The molecule has 0 bridgehead atoms. The van der Waals surface area contributed by atoms with Crippen LogP contribution in [0, 0.1) is 0 Å². The third-order valence-electron chi connectivity index (χ3n) is 0.789. The normalized spacial score (nSPS) is 20.6. The molecular formula is C4H8ClO2-. The SMILES string of the molecule is C1CCOOC1.[Cl-]. The van der Waals surface area contributed by atoms with Crippen LogP contribution in [-0.4, -0.2) is 13.2 Å². The largest absolute Gasteiger partial charge is 1.00 e. The van der Waals surface area contributed by atoms with Crippen molar-refractivity contribution in [1.82, 2.24) is 0 Å². The number of rotatable bonds is 0. The maximum atomic E-state index is 4.57. The lowest BCUT2D eigenvalue weighted by Gasteiger charge is -2.07. The molecule has 44 valence electrons. The summed E-state index contributed by atoms with van der Waals surface area (Å²) in [6.45, 7) is 1.56. The molecule has 1 saturated heterocycles. The van der Waals surface area contributed by atoms with Gasteiger partial charge < -0.3 is 12.4 Å². The van der Waals surface area contributed by atoms with Gasteiger partial charge in [-0.15, -0.1) is 0 Å². The highest BCUT2D eigenvalue weighted by Crippen LogP contribution is 1.97. The fraction of sp³-hybridized carbons (Fsp3) is 1.00. The van der Waals surface area contributed by atoms with Crippen LogP contribution in [0.5, 0.6) is 0 Å². The van der Waals surface area contributed by atoms with Crippen LogP contribution < -0.4 is 12.4 Å². The second-order valence-corrected chi connectivity index (χ2v) is 1.35. The molecule has 0 N–H and O–H groups in total. The van der Waals surface area contributed by atoms with Gasteiger partial charge in [-0.2, -0.15) is 0 Å². The quantitative estimate of drug-likeness (QED) is 0.339. The van der Waals surface area contributed by atoms with Crippen LogP contribution in [0.4, 0.5) is 0 Å². The van der Waals surface area contributed by atoms with Crippen molar-refractivity contribution in [1.29, 1.82) is 0 Å². The number of hydrogen-bond acceptors (Lipinski definition) is 2. The highest BCUT2D eigenvalue weighted by atomic mass is 35.5. The van der Waals surface area contributed by atoms with Crippen LogP contribution in [0.25, 0.3) is 0 Å². The Morgan fingerprint density at radius 3 is 1.43 bits per heavy atom. The van der Waals surface area contributed by atoms with E-state index in [0.717, 1.165) is 26.1 Å². The van der Waals surface area contributed by atoms with Gasteiger partial charge in [0.2, 0.25) is 0 Å². The Bertz CT molecular complexity index is 25.2. The molecule has 0 unspecified atom stereocenters. The van der Waals surface area contributed by atoms with Crippen LogP contribution in [-0.2, 0) is 9.78 Å². The van der Waals surface area contributed by atoms with Crippen molar-refractivity contribution in [3.8, 4) is 0 Å². The lowest BCUT2D eigenvalue weighted by atomic mass is 10.3. The van der Waals surface area contributed by atoms with Crippen molar-refractivity contribution < 1.29 is 22.2 Å². The van der Waals surface area contributed by atoms with Crippen molar-refractivity contribution in [2.24, 2.45) is 0 Å². The summed E-state index contributed by atoms with van der Waals surface area (Å²) in [4.78, 5) is 9.14. The van der Waals surface area contributed by atoms with Gasteiger partial charge in [0.05, 0.1) is 13.2 Å². The molecule has 1 fully saturated rings. The summed E-state index contributed by atoms with van der Waals surface area (Å²) in [5.41, 5.74) is 0. The maximum Gasteiger partial charge on any atom is 0.0823 e. The lowest BCUT2D eigenvalue weighted by molar-refractivity contribution is -0.312. The van der Waals surface area contributed by atoms with Crippen LogP contribution in [0.2, 0.25) is 0 Å². The molecule has 1 rings (SSSR count). The zero-order valence-electron chi connectivity index (χ0n) is 4.02. The summed E-state index contributed by atoms with van der Waals surface area (Å²) in [6.07, 6.45) is 2.31. The minimum atomic E-state index is 0. The van der Waals surface area contributed by atoms with Crippen LogP contribution in [0.1, 0.15) is 12.8 Å². The first kappa shape index (κ1) is 7.21. The van der Waals surface area contributed by atoms with E-state index >= 15 is 0 Å². The second kappa shape index (κ2) is 4.37. The molecule has 1 heterocycles. The van der Waals surface area contributed by atoms with Crippen molar-refractivity contribution in [3.63, 3.8) is 0 Å². The summed E-state index contributed by atoms with van der Waals surface area (Å²) in [5.74, 6) is 0. The van der Waals surface area contributed by atoms with E-state index in [1.165, 1.54) is 0 Å². The molecule has 0 amide bonds. The molecule has 1 aliphatic heterocycles. The first-order valence-electron chi connectivity index (χ1n) is 2.24. The number of hydrogen-bond donors (Lipinski definition) is 0. The molecule has 7 heavy (non-hydrogen) atoms. The van der Waals surface area contributed by atoms with Crippen LogP contribution >= 0.6 is 0 Å². The predicted molar refractivity (Wildman–Crippen MR) is 21.1 cm³/mol. The average Bonchev–Trinajstić information content (AvgIpc) is 1.72. The summed E-state index contributed by atoms with van der Waals surface area (Å²) in [6, 6.07) is 0. The topological polar surface area (TPSA) is 18.5 Å². The third kappa shape index (κ3) is 2.85. The summed E-state index contributed by atoms with van der Waals surface area (Å²) in [7, 11) is 0. The van der Waals surface area contributed by atoms with Gasteiger partial charge in [-0.25, -0.2) is 9.78 Å². The van der Waals surface area contributed by atoms with Crippen molar-refractivity contribution in [2.45, 2.75) is 12.8 Å². The predicted octanol–water partition coefficient (Wildman–Crippen LogP) is -2.27. The minimum absolute atomic E-state index is 0. The first-order valence-corrected chi connectivity index (χ1v) is 2.24. The molecular weight excluding hydrogens is 115 g/mol. The van der Waals surface area contributed by atoms with E-state index in [-0.39, 0.29) is 12.4 Å². The van der Waals surface area contributed by atoms with E-state index < -0.39 is 0 Å². The fourth-order valence-electron chi connectivity index (χ4n) is 0.440. The summed E-state index contributed by atoms with van der Waals surface area (Å²) >= 11 is 0. The Hall–Kier alpha value is 0.210. The monoisotopic (exact) mass is 123 g/mol. The van der Waals surface area contributed by atoms with Gasteiger partial charge in [0, 0.05) is 0 Å². The summed E-state index contributed by atoms with van der Waals surface area (Å²) in [5, 5.41) is 0. The Kier molecular flexibility index (Phi) is 4.50. The van der Waals surface area contributed by atoms with E-state index in [9.17, 15) is 0 Å². The smallest absolute Gasteiger partial charge is 0.0823 e. The van der Waals surface area contributed by atoms with Crippen molar-refractivity contribution in [2.75, 3.05) is 13.2 Å². The standard InChI is InChI=1S/C4H8O2.ClH/c1-2-4-6-5-3-1;/h1-4H2;1H/p-1. The van der Waals surface area contributed by atoms with E-state index in [4.69, 9.17) is 0 Å². The first-order chi connectivity index (χ1) is 3.00. The molecule has 0 aromatic rings. The second-order valence-electron chi connectivity index (χ2n) is 1.35. The van der Waals surface area contributed by atoms with Crippen LogP contribution in [0.15, 0.2) is 0 Å². The molecule has 0 saturated carbocycles. The Balaban J connectivity index is 0.000000360. The molecule has 0 spiro atoms. The molecule has 0 aliphatic carbocycles. The zero-order valence-corrected chi connectivity index (χ0v) is 4.78.